The van der Waals surface area contributed by atoms with E-state index in [1.165, 1.54) is 6.26 Å². The number of hydrogen-bond donors (Lipinski definition) is 1. The highest BCUT2D eigenvalue weighted by molar-refractivity contribution is 6.16. The van der Waals surface area contributed by atoms with E-state index < -0.39 is 0 Å². The average molecular weight is 239 g/mol. The number of nitrogens with one attached hydrogen (secondary N) is 1. The first-order chi connectivity index (χ1) is 7.81. The summed E-state index contributed by atoms with van der Waals surface area (Å²) in [5.41, 5.74) is 1.55. The highest BCUT2D eigenvalue weighted by Crippen LogP contribution is 2.21. The summed E-state index contributed by atoms with van der Waals surface area (Å²) in [6.45, 7) is 0. The van der Waals surface area contributed by atoms with Crippen molar-refractivity contribution in [2.45, 2.75) is 5.88 Å². The number of benzene rings is 1. The van der Waals surface area contributed by atoms with Crippen LogP contribution in [-0.2, 0) is 5.88 Å². The fourth-order valence-electron chi connectivity index (χ4n) is 1.25. The number of alkyl halides is 1. The van der Waals surface area contributed by atoms with Gasteiger partial charge in [0.05, 0.1) is 18.7 Å². The van der Waals surface area contributed by atoms with Gasteiger partial charge in [0, 0.05) is 11.8 Å². The number of nitrogens with zero attached hydrogens (tertiary/aromatic N) is 1. The standard InChI is InChI=1S/C11H11ClN2O2/c1-15-10-4-2-3-8(5-10)13-11-14-9(6-12)7-16-11/h2-5,7H,6H2,1H3,(H,13,14). The number of oxazole rings is 1. The van der Waals surface area contributed by atoms with Crippen molar-refractivity contribution in [1.29, 1.82) is 0 Å². The molecule has 84 valence electrons. The van der Waals surface area contributed by atoms with Crippen LogP contribution in [0.5, 0.6) is 5.75 Å². The highest BCUT2D eigenvalue weighted by Gasteiger charge is 2.03. The molecule has 0 unspecified atom stereocenters. The van der Waals surface area contributed by atoms with Gasteiger partial charge in [-0.3, -0.25) is 0 Å². The summed E-state index contributed by atoms with van der Waals surface area (Å²) in [7, 11) is 1.62. The summed E-state index contributed by atoms with van der Waals surface area (Å²) >= 11 is 5.62. The van der Waals surface area contributed by atoms with Crippen LogP contribution >= 0.6 is 11.6 Å². The average Bonchev–Trinajstić information content (AvgIpc) is 2.77. The molecule has 0 fully saturated rings. The molecule has 0 saturated carbocycles. The molecule has 0 radical (unpaired) electrons. The molecule has 0 bridgehead atoms. The molecule has 1 aromatic carbocycles. The Morgan fingerprint density at radius 1 is 1.50 bits per heavy atom. The van der Waals surface area contributed by atoms with Gasteiger partial charge in [-0.1, -0.05) is 6.07 Å². The molecular weight excluding hydrogens is 228 g/mol. The molecule has 0 spiro atoms. The second-order valence-corrected chi connectivity index (χ2v) is 3.40. The summed E-state index contributed by atoms with van der Waals surface area (Å²) in [5, 5.41) is 3.02. The molecule has 0 atom stereocenters. The van der Waals surface area contributed by atoms with E-state index in [0.29, 0.717) is 17.6 Å². The Hall–Kier alpha value is -1.68. The number of anilines is 2. The lowest BCUT2D eigenvalue weighted by Crippen LogP contribution is -1.91. The lowest BCUT2D eigenvalue weighted by atomic mass is 10.3. The lowest BCUT2D eigenvalue weighted by molar-refractivity contribution is 0.415. The SMILES string of the molecule is COc1cccc(Nc2nc(CCl)co2)c1. The molecule has 1 aromatic heterocycles. The highest BCUT2D eigenvalue weighted by atomic mass is 35.5. The summed E-state index contributed by atoms with van der Waals surface area (Å²) in [6, 6.07) is 7.92. The van der Waals surface area contributed by atoms with Crippen LogP contribution < -0.4 is 10.1 Å². The molecule has 1 N–H and O–H groups in total. The quantitative estimate of drug-likeness (QED) is 0.832. The topological polar surface area (TPSA) is 47.3 Å². The van der Waals surface area contributed by atoms with Gasteiger partial charge in [0.25, 0.3) is 6.01 Å². The van der Waals surface area contributed by atoms with E-state index >= 15 is 0 Å². The smallest absolute Gasteiger partial charge is 0.299 e. The molecule has 16 heavy (non-hydrogen) atoms. The zero-order chi connectivity index (χ0) is 11.4. The zero-order valence-electron chi connectivity index (χ0n) is 8.74. The minimum atomic E-state index is 0.337. The summed E-state index contributed by atoms with van der Waals surface area (Å²) in [5.74, 6) is 1.11. The van der Waals surface area contributed by atoms with Crippen molar-refractivity contribution in [1.82, 2.24) is 4.98 Å². The van der Waals surface area contributed by atoms with E-state index in [-0.39, 0.29) is 0 Å². The molecular formula is C11H11ClN2O2. The number of methoxy groups -OCH3 is 1. The normalized spacial score (nSPS) is 10.1. The lowest BCUT2D eigenvalue weighted by Gasteiger charge is -2.03. The molecule has 2 aromatic rings. The maximum Gasteiger partial charge on any atom is 0.299 e. The maximum absolute atomic E-state index is 5.62. The van der Waals surface area contributed by atoms with Gasteiger partial charge in [-0.15, -0.1) is 11.6 Å². The van der Waals surface area contributed by atoms with Crippen molar-refractivity contribution < 1.29 is 9.15 Å². The molecule has 1 heterocycles. The van der Waals surface area contributed by atoms with E-state index in [9.17, 15) is 0 Å². The second kappa shape index (κ2) is 4.90. The number of hydrogen-bond acceptors (Lipinski definition) is 4. The fourth-order valence-corrected chi connectivity index (χ4v) is 1.37. The molecule has 0 aliphatic rings. The molecule has 0 aliphatic carbocycles. The Morgan fingerprint density at radius 3 is 3.06 bits per heavy atom. The van der Waals surface area contributed by atoms with Crippen LogP contribution in [0.25, 0.3) is 0 Å². The van der Waals surface area contributed by atoms with Gasteiger partial charge < -0.3 is 14.5 Å². The first-order valence-electron chi connectivity index (χ1n) is 4.73. The van der Waals surface area contributed by atoms with Gasteiger partial charge in [0.2, 0.25) is 0 Å². The van der Waals surface area contributed by atoms with Crippen LogP contribution in [0.2, 0.25) is 0 Å². The monoisotopic (exact) mass is 238 g/mol. The van der Waals surface area contributed by atoms with E-state index in [1.807, 2.05) is 24.3 Å². The Morgan fingerprint density at radius 2 is 2.38 bits per heavy atom. The van der Waals surface area contributed by atoms with Gasteiger partial charge in [0.1, 0.15) is 12.0 Å². The van der Waals surface area contributed by atoms with Crippen molar-refractivity contribution >= 4 is 23.3 Å². The number of rotatable bonds is 4. The van der Waals surface area contributed by atoms with E-state index in [4.69, 9.17) is 20.8 Å². The van der Waals surface area contributed by atoms with Crippen molar-refractivity contribution in [3.05, 3.63) is 36.2 Å². The third-order valence-corrected chi connectivity index (χ3v) is 2.28. The molecule has 0 aliphatic heterocycles. The minimum Gasteiger partial charge on any atom is -0.497 e. The largest absolute Gasteiger partial charge is 0.497 e. The van der Waals surface area contributed by atoms with Gasteiger partial charge in [0.15, 0.2) is 0 Å². The number of aromatic nitrogens is 1. The van der Waals surface area contributed by atoms with Crippen molar-refractivity contribution in [3.8, 4) is 5.75 Å². The van der Waals surface area contributed by atoms with Crippen molar-refractivity contribution in [2.75, 3.05) is 12.4 Å². The molecule has 2 rings (SSSR count). The fraction of sp³-hybridized carbons (Fsp3) is 0.182. The van der Waals surface area contributed by atoms with Gasteiger partial charge in [-0.2, -0.15) is 4.98 Å². The Bertz CT molecular complexity index is 471. The third-order valence-electron chi connectivity index (χ3n) is 2.01. The van der Waals surface area contributed by atoms with Crippen molar-refractivity contribution in [2.24, 2.45) is 0 Å². The van der Waals surface area contributed by atoms with Crippen LogP contribution in [0.4, 0.5) is 11.7 Å². The van der Waals surface area contributed by atoms with Crippen LogP contribution in [0.1, 0.15) is 5.69 Å². The zero-order valence-corrected chi connectivity index (χ0v) is 9.49. The molecule has 5 heteroatoms. The van der Waals surface area contributed by atoms with Gasteiger partial charge in [-0.25, -0.2) is 0 Å². The van der Waals surface area contributed by atoms with E-state index in [0.717, 1.165) is 11.4 Å². The predicted molar refractivity (Wildman–Crippen MR) is 62.3 cm³/mol. The van der Waals surface area contributed by atoms with Crippen LogP contribution in [0, 0.1) is 0 Å². The van der Waals surface area contributed by atoms with Crippen LogP contribution in [-0.4, -0.2) is 12.1 Å². The number of ether oxygens (including phenoxy) is 1. The van der Waals surface area contributed by atoms with Gasteiger partial charge in [-0.05, 0) is 12.1 Å². The Balaban J connectivity index is 2.13. The van der Waals surface area contributed by atoms with E-state index in [2.05, 4.69) is 10.3 Å². The van der Waals surface area contributed by atoms with Gasteiger partial charge >= 0.3 is 0 Å². The first-order valence-corrected chi connectivity index (χ1v) is 5.26. The van der Waals surface area contributed by atoms with Crippen LogP contribution in [0.3, 0.4) is 0 Å². The minimum absolute atomic E-state index is 0.337. The Kier molecular flexibility index (Phi) is 3.31. The molecule has 0 amide bonds. The summed E-state index contributed by atoms with van der Waals surface area (Å²) < 4.78 is 10.3. The molecule has 4 nitrogen and oxygen atoms in total. The van der Waals surface area contributed by atoms with Crippen LogP contribution in [0.15, 0.2) is 34.9 Å². The number of halogens is 1. The predicted octanol–water partition coefficient (Wildman–Crippen LogP) is 3.17. The first kappa shape index (κ1) is 10.8. The summed E-state index contributed by atoms with van der Waals surface area (Å²) in [6.07, 6.45) is 1.52. The van der Waals surface area contributed by atoms with E-state index in [1.54, 1.807) is 7.11 Å². The Labute approximate surface area is 98.2 Å². The summed E-state index contributed by atoms with van der Waals surface area (Å²) in [4.78, 5) is 4.13. The third kappa shape index (κ3) is 2.46. The second-order valence-electron chi connectivity index (χ2n) is 3.13. The maximum atomic E-state index is 5.62. The molecule has 0 saturated heterocycles. The van der Waals surface area contributed by atoms with Crippen molar-refractivity contribution in [3.63, 3.8) is 0 Å².